The summed E-state index contributed by atoms with van der Waals surface area (Å²) in [5, 5.41) is 11.5. The van der Waals surface area contributed by atoms with Crippen molar-refractivity contribution in [1.29, 1.82) is 0 Å². The molecule has 0 bridgehead atoms. The molecule has 0 fully saturated rings. The van der Waals surface area contributed by atoms with E-state index in [0.717, 1.165) is 44.9 Å². The Kier molecular flexibility index (Phi) is 6.33. The van der Waals surface area contributed by atoms with Crippen LogP contribution in [0.3, 0.4) is 0 Å². The third-order valence-electron chi connectivity index (χ3n) is 8.43. The molecule has 6 rings (SSSR count). The van der Waals surface area contributed by atoms with Crippen LogP contribution in [0.15, 0.2) is 84.9 Å². The number of aryl methyl sites for hydroxylation is 1. The first-order valence-electron chi connectivity index (χ1n) is 14.6. The van der Waals surface area contributed by atoms with Gasteiger partial charge in [-0.15, -0.1) is 0 Å². The van der Waals surface area contributed by atoms with Gasteiger partial charge in [0.2, 0.25) is 0 Å². The van der Waals surface area contributed by atoms with Crippen molar-refractivity contribution in [2.75, 3.05) is 0 Å². The molecule has 2 aliphatic rings. The fourth-order valence-electron chi connectivity index (χ4n) is 6.28. The standard InChI is InChI=1S/C38H40O3/c1-24-17-18-33-28(19-24)29(27-20-31(36(2,3)4)35(39)32(21-27)37(5,6)7)23-38(40-33)30-16-12-11-15-26(30)22-34(41-38)25-13-9-8-10-14-25/h8-22,29,39H,23H2,1-7H3/t29-,38-/m1/s1. The number of ether oxygens (including phenoxy) is 2. The van der Waals surface area contributed by atoms with Crippen LogP contribution in [0.1, 0.15) is 98.4 Å². The SMILES string of the molecule is Cc1ccc2c(c1)[C@@H](c1cc(C(C)(C)C)c(O)c(C(C)(C)C)c1)C[C@]1(OC(c3ccccc3)=Cc3ccccc31)O2. The molecular weight excluding hydrogens is 504 g/mol. The number of benzene rings is 4. The van der Waals surface area contributed by atoms with E-state index in [0.29, 0.717) is 12.2 Å². The Morgan fingerprint density at radius 3 is 2.05 bits per heavy atom. The lowest BCUT2D eigenvalue weighted by molar-refractivity contribution is -0.159. The van der Waals surface area contributed by atoms with Crippen LogP contribution >= 0.6 is 0 Å². The lowest BCUT2D eigenvalue weighted by Gasteiger charge is -2.45. The van der Waals surface area contributed by atoms with Crippen molar-refractivity contribution in [2.45, 2.75) is 77.4 Å². The molecule has 210 valence electrons. The molecule has 0 aliphatic carbocycles. The third kappa shape index (κ3) is 4.82. The van der Waals surface area contributed by atoms with E-state index in [1.54, 1.807) is 0 Å². The molecule has 1 N–H and O–H groups in total. The minimum absolute atomic E-state index is 0.00960. The van der Waals surface area contributed by atoms with Crippen LogP contribution in [0, 0.1) is 6.92 Å². The smallest absolute Gasteiger partial charge is 0.279 e. The summed E-state index contributed by atoms with van der Waals surface area (Å²) in [6, 6.07) is 29.5. The summed E-state index contributed by atoms with van der Waals surface area (Å²) in [4.78, 5) is 0. The molecule has 0 amide bonds. The summed E-state index contributed by atoms with van der Waals surface area (Å²) in [7, 11) is 0. The van der Waals surface area contributed by atoms with Crippen LogP contribution in [0.2, 0.25) is 0 Å². The van der Waals surface area contributed by atoms with E-state index in [1.807, 2.05) is 18.2 Å². The average molecular weight is 545 g/mol. The second-order valence-electron chi connectivity index (χ2n) is 13.7. The summed E-state index contributed by atoms with van der Waals surface area (Å²) in [6.07, 6.45) is 2.72. The van der Waals surface area contributed by atoms with Crippen molar-refractivity contribution in [3.63, 3.8) is 0 Å². The van der Waals surface area contributed by atoms with Gasteiger partial charge in [-0.1, -0.05) is 126 Å². The zero-order valence-electron chi connectivity index (χ0n) is 25.2. The van der Waals surface area contributed by atoms with E-state index in [4.69, 9.17) is 9.47 Å². The summed E-state index contributed by atoms with van der Waals surface area (Å²) < 4.78 is 13.9. The van der Waals surface area contributed by atoms with Crippen LogP contribution < -0.4 is 4.74 Å². The molecule has 2 atom stereocenters. The number of phenols is 1. The molecule has 4 aromatic rings. The van der Waals surface area contributed by atoms with E-state index in [9.17, 15) is 5.11 Å². The molecule has 0 unspecified atom stereocenters. The number of phenolic OH excluding ortho intramolecular Hbond substituents is 1. The highest BCUT2D eigenvalue weighted by Gasteiger charge is 2.49. The maximum atomic E-state index is 11.5. The Balaban J connectivity index is 1.58. The normalized spacial score (nSPS) is 20.0. The minimum Gasteiger partial charge on any atom is -0.507 e. The van der Waals surface area contributed by atoms with E-state index in [2.05, 4.69) is 121 Å². The number of hydrogen-bond donors (Lipinski definition) is 1. The zero-order valence-corrected chi connectivity index (χ0v) is 25.2. The summed E-state index contributed by atoms with van der Waals surface area (Å²) >= 11 is 0. The Hall–Kier alpha value is -3.98. The number of hydrogen-bond acceptors (Lipinski definition) is 3. The average Bonchev–Trinajstić information content (AvgIpc) is 2.92. The molecular formula is C38H40O3. The first kappa shape index (κ1) is 27.2. The predicted molar refractivity (Wildman–Crippen MR) is 167 cm³/mol. The van der Waals surface area contributed by atoms with Crippen LogP contribution in [0.25, 0.3) is 11.8 Å². The van der Waals surface area contributed by atoms with Crippen LogP contribution in [-0.2, 0) is 21.4 Å². The molecule has 41 heavy (non-hydrogen) atoms. The monoisotopic (exact) mass is 544 g/mol. The van der Waals surface area contributed by atoms with Gasteiger partial charge in [-0.05, 0) is 52.1 Å². The first-order valence-corrected chi connectivity index (χ1v) is 14.6. The Bertz CT molecular complexity index is 1610. The molecule has 3 nitrogen and oxygen atoms in total. The number of rotatable bonds is 2. The van der Waals surface area contributed by atoms with Gasteiger partial charge in [-0.3, -0.25) is 0 Å². The highest BCUT2D eigenvalue weighted by atomic mass is 16.7. The first-order chi connectivity index (χ1) is 19.4. The van der Waals surface area contributed by atoms with E-state index in [-0.39, 0.29) is 16.7 Å². The van der Waals surface area contributed by atoms with Crippen molar-refractivity contribution in [3.05, 3.63) is 129 Å². The van der Waals surface area contributed by atoms with Gasteiger partial charge in [0.1, 0.15) is 17.3 Å². The third-order valence-corrected chi connectivity index (χ3v) is 8.43. The van der Waals surface area contributed by atoms with Gasteiger partial charge in [0.05, 0.1) is 0 Å². The molecule has 0 aromatic heterocycles. The maximum absolute atomic E-state index is 11.5. The van der Waals surface area contributed by atoms with Crippen LogP contribution in [0.4, 0.5) is 0 Å². The van der Waals surface area contributed by atoms with E-state index < -0.39 is 5.79 Å². The number of fused-ring (bicyclic) bond motifs is 3. The minimum atomic E-state index is -1.01. The maximum Gasteiger partial charge on any atom is 0.279 e. The lowest BCUT2D eigenvalue weighted by Crippen LogP contribution is -2.43. The molecule has 4 aromatic carbocycles. The van der Waals surface area contributed by atoms with Gasteiger partial charge in [-0.2, -0.15) is 0 Å². The molecule has 2 aliphatic heterocycles. The fourth-order valence-corrected chi connectivity index (χ4v) is 6.28. The summed E-state index contributed by atoms with van der Waals surface area (Å²) in [5.74, 6) is 1.01. The highest BCUT2D eigenvalue weighted by molar-refractivity contribution is 5.81. The van der Waals surface area contributed by atoms with E-state index >= 15 is 0 Å². The van der Waals surface area contributed by atoms with Gasteiger partial charge >= 0.3 is 0 Å². The Labute approximate surface area is 244 Å². The molecule has 3 heteroatoms. The van der Waals surface area contributed by atoms with Gasteiger partial charge in [0, 0.05) is 29.0 Å². The second kappa shape index (κ2) is 9.55. The Morgan fingerprint density at radius 2 is 1.39 bits per heavy atom. The largest absolute Gasteiger partial charge is 0.507 e. The van der Waals surface area contributed by atoms with Gasteiger partial charge < -0.3 is 14.6 Å². The molecule has 1 spiro atoms. The zero-order chi connectivity index (χ0) is 29.2. The topological polar surface area (TPSA) is 38.7 Å². The van der Waals surface area contributed by atoms with Gasteiger partial charge in [0.25, 0.3) is 5.79 Å². The predicted octanol–water partition coefficient (Wildman–Crippen LogP) is 9.59. The second-order valence-corrected chi connectivity index (χ2v) is 13.7. The molecule has 0 saturated carbocycles. The number of aromatic hydroxyl groups is 1. The fraction of sp³-hybridized carbons (Fsp3) is 0.316. The van der Waals surface area contributed by atoms with Gasteiger partial charge in [-0.25, -0.2) is 0 Å². The van der Waals surface area contributed by atoms with Crippen molar-refractivity contribution >= 4 is 11.8 Å². The molecule has 0 radical (unpaired) electrons. The van der Waals surface area contributed by atoms with Crippen molar-refractivity contribution < 1.29 is 14.6 Å². The highest BCUT2D eigenvalue weighted by Crippen LogP contribution is 2.54. The van der Waals surface area contributed by atoms with Crippen molar-refractivity contribution in [2.24, 2.45) is 0 Å². The molecule has 0 saturated heterocycles. The Morgan fingerprint density at radius 1 is 0.756 bits per heavy atom. The van der Waals surface area contributed by atoms with Crippen LogP contribution in [0.5, 0.6) is 11.5 Å². The lowest BCUT2D eigenvalue weighted by atomic mass is 9.73. The van der Waals surface area contributed by atoms with Crippen molar-refractivity contribution in [3.8, 4) is 11.5 Å². The quantitative estimate of drug-likeness (QED) is 0.273. The van der Waals surface area contributed by atoms with Crippen molar-refractivity contribution in [1.82, 2.24) is 0 Å². The van der Waals surface area contributed by atoms with Crippen LogP contribution in [-0.4, -0.2) is 5.11 Å². The van der Waals surface area contributed by atoms with E-state index in [1.165, 1.54) is 11.1 Å². The summed E-state index contributed by atoms with van der Waals surface area (Å²) in [5.41, 5.74) is 8.13. The summed E-state index contributed by atoms with van der Waals surface area (Å²) in [6.45, 7) is 15.1. The molecule has 2 heterocycles. The van der Waals surface area contributed by atoms with Gasteiger partial charge in [0.15, 0.2) is 0 Å².